The van der Waals surface area contributed by atoms with E-state index in [0.717, 1.165) is 41.6 Å². The second-order valence-electron chi connectivity index (χ2n) is 10.3. The molecule has 2 aromatic heterocycles. The van der Waals surface area contributed by atoms with Gasteiger partial charge in [0.1, 0.15) is 6.33 Å². The molecule has 1 N–H and O–H groups in total. The average Bonchev–Trinajstić information content (AvgIpc) is 3.61. The molecule has 3 atom stereocenters. The van der Waals surface area contributed by atoms with Crippen molar-refractivity contribution in [2.24, 2.45) is 0 Å². The second kappa shape index (κ2) is 8.64. The molecule has 0 aliphatic carbocycles. The molecule has 2 aromatic carbocycles. The molecule has 0 saturated carbocycles. The fraction of sp³-hybridized carbons (Fsp3) is 0.393. The standard InChI is InChI=1S/C28H33N7/c1-18(2)33-15-24-13-23(33)16-34(24)28-32-26(14-27-29-17-30-35(27)28)22-11-10-19(3)25(12-22)31-20(4)21-8-6-5-7-9-21/h5-12,14,17-18,20,23-24,31H,13,15-16H2,1-4H3/t20-,23?,24?/m0/s1. The Morgan fingerprint density at radius 3 is 2.54 bits per heavy atom. The first-order valence-electron chi connectivity index (χ1n) is 12.6. The molecule has 2 aliphatic heterocycles. The van der Waals surface area contributed by atoms with Crippen molar-refractivity contribution < 1.29 is 0 Å². The lowest BCUT2D eigenvalue weighted by molar-refractivity contribution is 0.190. The zero-order chi connectivity index (χ0) is 24.1. The minimum Gasteiger partial charge on any atom is -0.378 e. The largest absolute Gasteiger partial charge is 0.378 e. The zero-order valence-electron chi connectivity index (χ0n) is 20.9. The first-order chi connectivity index (χ1) is 17.0. The molecular formula is C28H33N7. The van der Waals surface area contributed by atoms with Crippen molar-refractivity contribution in [3.63, 3.8) is 0 Å². The number of aromatic nitrogens is 4. The van der Waals surface area contributed by atoms with Gasteiger partial charge in [-0.25, -0.2) is 9.97 Å². The number of aryl methyl sites for hydroxylation is 1. The maximum atomic E-state index is 5.16. The molecule has 2 bridgehead atoms. The number of hydrogen-bond acceptors (Lipinski definition) is 6. The highest BCUT2D eigenvalue weighted by Gasteiger charge is 2.45. The van der Waals surface area contributed by atoms with E-state index in [1.807, 2.05) is 10.6 Å². The van der Waals surface area contributed by atoms with Crippen molar-refractivity contribution in [1.82, 2.24) is 24.5 Å². The number of rotatable bonds is 6. The van der Waals surface area contributed by atoms with E-state index < -0.39 is 0 Å². The topological polar surface area (TPSA) is 61.6 Å². The summed E-state index contributed by atoms with van der Waals surface area (Å²) in [5.41, 5.74) is 6.45. The number of hydrogen-bond donors (Lipinski definition) is 1. The Kier molecular flexibility index (Phi) is 5.44. The lowest BCUT2D eigenvalue weighted by Gasteiger charge is -2.36. The summed E-state index contributed by atoms with van der Waals surface area (Å²) < 4.78 is 1.90. The number of anilines is 2. The molecule has 0 amide bonds. The Bertz CT molecular complexity index is 1350. The molecule has 6 rings (SSSR count). The number of likely N-dealkylation sites (tertiary alicyclic amines) is 1. The van der Waals surface area contributed by atoms with Gasteiger partial charge in [-0.3, -0.25) is 4.90 Å². The SMILES string of the molecule is Cc1ccc(-c2cc3ncnn3c(N3CC4CC3CN4C(C)C)n2)cc1N[C@@H](C)c1ccccc1. The van der Waals surface area contributed by atoms with Gasteiger partial charge in [0.15, 0.2) is 5.65 Å². The van der Waals surface area contributed by atoms with Gasteiger partial charge < -0.3 is 10.2 Å². The molecule has 2 unspecified atom stereocenters. The number of piperazine rings is 1. The van der Waals surface area contributed by atoms with Crippen LogP contribution in [-0.2, 0) is 0 Å². The van der Waals surface area contributed by atoms with Gasteiger partial charge >= 0.3 is 0 Å². The van der Waals surface area contributed by atoms with Crippen LogP contribution in [0.3, 0.4) is 0 Å². The molecule has 0 spiro atoms. The lowest BCUT2D eigenvalue weighted by atomic mass is 10.0. The van der Waals surface area contributed by atoms with E-state index in [1.54, 1.807) is 6.33 Å². The van der Waals surface area contributed by atoms with Gasteiger partial charge in [0, 0.05) is 54.6 Å². The number of fused-ring (bicyclic) bond motifs is 3. The van der Waals surface area contributed by atoms with Crippen LogP contribution in [-0.4, -0.2) is 55.7 Å². The fourth-order valence-electron chi connectivity index (χ4n) is 5.72. The van der Waals surface area contributed by atoms with Gasteiger partial charge in [-0.15, -0.1) is 0 Å². The monoisotopic (exact) mass is 467 g/mol. The molecule has 7 heteroatoms. The van der Waals surface area contributed by atoms with E-state index in [4.69, 9.17) is 4.98 Å². The molecule has 35 heavy (non-hydrogen) atoms. The molecule has 2 aliphatic rings. The summed E-state index contributed by atoms with van der Waals surface area (Å²) in [6.07, 6.45) is 2.82. The van der Waals surface area contributed by atoms with Gasteiger partial charge in [-0.2, -0.15) is 9.61 Å². The van der Waals surface area contributed by atoms with Crippen LogP contribution in [0.1, 0.15) is 44.4 Å². The minimum atomic E-state index is 0.205. The molecule has 4 aromatic rings. The van der Waals surface area contributed by atoms with Gasteiger partial charge in [-0.1, -0.05) is 42.5 Å². The van der Waals surface area contributed by atoms with Crippen molar-refractivity contribution in [2.75, 3.05) is 23.3 Å². The minimum absolute atomic E-state index is 0.205. The summed E-state index contributed by atoms with van der Waals surface area (Å²) in [5, 5.41) is 8.21. The predicted octanol–water partition coefficient (Wildman–Crippen LogP) is 4.94. The lowest BCUT2D eigenvalue weighted by Crippen LogP contribution is -2.49. The van der Waals surface area contributed by atoms with Crippen LogP contribution in [0.15, 0.2) is 60.9 Å². The summed E-state index contributed by atoms with van der Waals surface area (Å²) in [7, 11) is 0. The van der Waals surface area contributed by atoms with Crippen molar-refractivity contribution >= 4 is 17.3 Å². The summed E-state index contributed by atoms with van der Waals surface area (Å²) in [5.74, 6) is 0.902. The van der Waals surface area contributed by atoms with Crippen LogP contribution in [0.5, 0.6) is 0 Å². The first kappa shape index (κ1) is 22.0. The Balaban J connectivity index is 1.34. The third-order valence-corrected chi connectivity index (χ3v) is 7.66. The van der Waals surface area contributed by atoms with Crippen LogP contribution >= 0.6 is 0 Å². The molecule has 2 fully saturated rings. The third kappa shape index (κ3) is 3.93. The van der Waals surface area contributed by atoms with E-state index in [0.29, 0.717) is 18.1 Å². The van der Waals surface area contributed by atoms with Crippen molar-refractivity contribution in [1.29, 1.82) is 0 Å². The first-order valence-corrected chi connectivity index (χ1v) is 12.6. The van der Waals surface area contributed by atoms with Crippen LogP contribution in [0.4, 0.5) is 11.6 Å². The molecule has 2 saturated heterocycles. The van der Waals surface area contributed by atoms with E-state index in [9.17, 15) is 0 Å². The van der Waals surface area contributed by atoms with E-state index in [-0.39, 0.29) is 6.04 Å². The Hall–Kier alpha value is -3.45. The van der Waals surface area contributed by atoms with E-state index in [1.165, 1.54) is 17.5 Å². The highest BCUT2D eigenvalue weighted by Crippen LogP contribution is 2.36. The molecule has 7 nitrogen and oxygen atoms in total. The van der Waals surface area contributed by atoms with Gasteiger partial charge in [0.2, 0.25) is 5.95 Å². The highest BCUT2D eigenvalue weighted by molar-refractivity contribution is 5.71. The number of benzene rings is 2. The van der Waals surface area contributed by atoms with E-state index in [2.05, 4.69) is 101 Å². The normalized spacial score (nSPS) is 20.8. The smallest absolute Gasteiger partial charge is 0.229 e. The Morgan fingerprint density at radius 2 is 1.80 bits per heavy atom. The summed E-state index contributed by atoms with van der Waals surface area (Å²) in [6.45, 7) is 11.0. The average molecular weight is 468 g/mol. The number of nitrogens with one attached hydrogen (secondary N) is 1. The van der Waals surface area contributed by atoms with Crippen molar-refractivity contribution in [2.45, 2.75) is 58.3 Å². The quantitative estimate of drug-likeness (QED) is 0.433. The van der Waals surface area contributed by atoms with Crippen molar-refractivity contribution in [3.8, 4) is 11.3 Å². The summed E-state index contributed by atoms with van der Waals surface area (Å²) in [6, 6.07) is 21.0. The van der Waals surface area contributed by atoms with Gasteiger partial charge in [0.05, 0.1) is 5.69 Å². The van der Waals surface area contributed by atoms with Crippen LogP contribution in [0.25, 0.3) is 16.9 Å². The number of nitrogens with zero attached hydrogens (tertiary/aromatic N) is 6. The summed E-state index contributed by atoms with van der Waals surface area (Å²) in [4.78, 5) is 14.8. The molecular weight excluding hydrogens is 434 g/mol. The molecule has 180 valence electrons. The van der Waals surface area contributed by atoms with Crippen LogP contribution < -0.4 is 10.2 Å². The second-order valence-corrected chi connectivity index (χ2v) is 10.3. The van der Waals surface area contributed by atoms with Crippen molar-refractivity contribution in [3.05, 3.63) is 72.1 Å². The maximum Gasteiger partial charge on any atom is 0.229 e. The maximum absolute atomic E-state index is 5.16. The van der Waals surface area contributed by atoms with Crippen LogP contribution in [0, 0.1) is 6.92 Å². The van der Waals surface area contributed by atoms with Crippen LogP contribution in [0.2, 0.25) is 0 Å². The van der Waals surface area contributed by atoms with E-state index >= 15 is 0 Å². The zero-order valence-corrected chi connectivity index (χ0v) is 20.9. The fourth-order valence-corrected chi connectivity index (χ4v) is 5.72. The molecule has 4 heterocycles. The van der Waals surface area contributed by atoms with Gasteiger partial charge in [-0.05, 0) is 51.3 Å². The Morgan fingerprint density at radius 1 is 0.971 bits per heavy atom. The highest BCUT2D eigenvalue weighted by atomic mass is 15.5. The summed E-state index contributed by atoms with van der Waals surface area (Å²) >= 11 is 0. The van der Waals surface area contributed by atoms with Gasteiger partial charge in [0.25, 0.3) is 0 Å². The Labute approximate surface area is 206 Å². The third-order valence-electron chi connectivity index (χ3n) is 7.66. The predicted molar refractivity (Wildman–Crippen MR) is 141 cm³/mol. The molecule has 0 radical (unpaired) electrons.